The summed E-state index contributed by atoms with van der Waals surface area (Å²) in [7, 11) is 1.33. The number of rotatable bonds is 2. The van der Waals surface area contributed by atoms with Crippen LogP contribution in [0, 0.1) is 0 Å². The highest BCUT2D eigenvalue weighted by Crippen LogP contribution is 2.34. The molecule has 1 aromatic heterocycles. The zero-order valence-corrected chi connectivity index (χ0v) is 12.5. The third-order valence-corrected chi connectivity index (χ3v) is 3.75. The van der Waals surface area contributed by atoms with Crippen molar-refractivity contribution < 1.29 is 9.53 Å². The van der Waals surface area contributed by atoms with Crippen molar-refractivity contribution in [1.29, 1.82) is 0 Å². The van der Waals surface area contributed by atoms with Gasteiger partial charge in [-0.3, -0.25) is 0 Å². The molecule has 1 N–H and O–H groups in total. The van der Waals surface area contributed by atoms with Crippen molar-refractivity contribution in [3.63, 3.8) is 0 Å². The van der Waals surface area contributed by atoms with Crippen LogP contribution in [0.1, 0.15) is 10.4 Å². The van der Waals surface area contributed by atoms with Crippen molar-refractivity contribution in [3.8, 4) is 11.4 Å². The second kappa shape index (κ2) is 5.39. The highest BCUT2D eigenvalue weighted by atomic mass is 35.5. The second-order valence-electron chi connectivity index (χ2n) is 4.38. The molecule has 2 aromatic carbocycles. The number of carbonyl (C=O) groups is 1. The minimum atomic E-state index is -0.441. The van der Waals surface area contributed by atoms with Crippen molar-refractivity contribution in [1.82, 2.24) is 9.97 Å². The van der Waals surface area contributed by atoms with E-state index in [1.165, 1.54) is 7.11 Å². The summed E-state index contributed by atoms with van der Waals surface area (Å²) in [5, 5.41) is 0.974. The number of imidazole rings is 1. The SMILES string of the molecule is COC(=O)c1cccc2[nH]c(-c3c(Cl)cccc3Cl)nc12. The van der Waals surface area contributed by atoms with Crippen LogP contribution in [-0.2, 0) is 4.74 Å². The maximum atomic E-state index is 11.8. The molecule has 4 nitrogen and oxygen atoms in total. The number of halogens is 2. The van der Waals surface area contributed by atoms with Crippen LogP contribution < -0.4 is 0 Å². The molecule has 21 heavy (non-hydrogen) atoms. The zero-order valence-electron chi connectivity index (χ0n) is 11.0. The second-order valence-corrected chi connectivity index (χ2v) is 5.19. The fourth-order valence-corrected chi connectivity index (χ4v) is 2.73. The Hall–Kier alpha value is -2.04. The van der Waals surface area contributed by atoms with Gasteiger partial charge in [0.15, 0.2) is 0 Å². The fourth-order valence-electron chi connectivity index (χ4n) is 2.15. The minimum Gasteiger partial charge on any atom is -0.465 e. The number of fused-ring (bicyclic) bond motifs is 1. The van der Waals surface area contributed by atoms with E-state index in [1.807, 2.05) is 6.07 Å². The van der Waals surface area contributed by atoms with Crippen molar-refractivity contribution in [2.75, 3.05) is 7.11 Å². The molecule has 1 heterocycles. The number of benzene rings is 2. The molecule has 3 aromatic rings. The quantitative estimate of drug-likeness (QED) is 0.715. The topological polar surface area (TPSA) is 55.0 Å². The first-order chi connectivity index (χ1) is 10.1. The van der Waals surface area contributed by atoms with Crippen molar-refractivity contribution in [2.45, 2.75) is 0 Å². The van der Waals surface area contributed by atoms with Crippen molar-refractivity contribution >= 4 is 40.2 Å². The molecule has 0 radical (unpaired) electrons. The lowest BCUT2D eigenvalue weighted by Crippen LogP contribution is -2.01. The summed E-state index contributed by atoms with van der Waals surface area (Å²) < 4.78 is 4.76. The van der Waals surface area contributed by atoms with E-state index in [9.17, 15) is 4.79 Å². The Morgan fingerprint density at radius 2 is 1.81 bits per heavy atom. The van der Waals surface area contributed by atoms with E-state index in [1.54, 1.807) is 30.3 Å². The minimum absolute atomic E-state index is 0.390. The molecule has 0 aliphatic carbocycles. The Morgan fingerprint density at radius 1 is 1.14 bits per heavy atom. The van der Waals surface area contributed by atoms with Gasteiger partial charge in [-0.1, -0.05) is 35.3 Å². The van der Waals surface area contributed by atoms with Gasteiger partial charge in [-0.25, -0.2) is 9.78 Å². The number of ether oxygens (including phenoxy) is 1. The first-order valence-electron chi connectivity index (χ1n) is 6.13. The van der Waals surface area contributed by atoms with E-state index in [0.717, 1.165) is 0 Å². The number of esters is 1. The van der Waals surface area contributed by atoms with Gasteiger partial charge in [0.05, 0.1) is 33.8 Å². The molecule has 0 saturated heterocycles. The number of aromatic nitrogens is 2. The Morgan fingerprint density at radius 3 is 2.48 bits per heavy atom. The molecule has 0 bridgehead atoms. The van der Waals surface area contributed by atoms with Gasteiger partial charge in [0, 0.05) is 0 Å². The summed E-state index contributed by atoms with van der Waals surface area (Å²) in [5.74, 6) is 0.0702. The highest BCUT2D eigenvalue weighted by Gasteiger charge is 2.17. The number of para-hydroxylation sites is 1. The van der Waals surface area contributed by atoms with Crippen LogP contribution in [0.3, 0.4) is 0 Å². The molecular formula is C15H10Cl2N2O2. The van der Waals surface area contributed by atoms with Crippen LogP contribution in [0.15, 0.2) is 36.4 Å². The molecule has 0 saturated carbocycles. The number of hydrogen-bond acceptors (Lipinski definition) is 3. The average molecular weight is 321 g/mol. The molecule has 0 aliphatic rings. The predicted octanol–water partition coefficient (Wildman–Crippen LogP) is 4.32. The highest BCUT2D eigenvalue weighted by molar-refractivity contribution is 6.39. The molecule has 0 unspecified atom stereocenters. The van der Waals surface area contributed by atoms with Crippen LogP contribution in [0.25, 0.3) is 22.4 Å². The number of nitrogens with one attached hydrogen (secondary N) is 1. The third kappa shape index (κ3) is 2.37. The van der Waals surface area contributed by atoms with Crippen molar-refractivity contribution in [3.05, 3.63) is 52.0 Å². The van der Waals surface area contributed by atoms with E-state index in [2.05, 4.69) is 9.97 Å². The zero-order chi connectivity index (χ0) is 15.0. The smallest absolute Gasteiger partial charge is 0.340 e. The van der Waals surface area contributed by atoms with Crippen LogP contribution >= 0.6 is 23.2 Å². The lowest BCUT2D eigenvalue weighted by atomic mass is 10.2. The van der Waals surface area contributed by atoms with Gasteiger partial charge in [-0.2, -0.15) is 0 Å². The van der Waals surface area contributed by atoms with E-state index in [0.29, 0.717) is 38.0 Å². The standard InChI is InChI=1S/C15H10Cl2N2O2/c1-21-15(20)8-4-2-7-11-13(8)19-14(18-11)12-9(16)5-3-6-10(12)17/h2-7H,1H3,(H,18,19). The number of nitrogens with zero attached hydrogens (tertiary/aromatic N) is 1. The normalized spacial score (nSPS) is 10.8. The first-order valence-corrected chi connectivity index (χ1v) is 6.89. The molecule has 0 atom stereocenters. The van der Waals surface area contributed by atoms with Gasteiger partial charge < -0.3 is 9.72 Å². The number of H-pyrrole nitrogens is 1. The Kier molecular flexibility index (Phi) is 3.57. The van der Waals surface area contributed by atoms with Gasteiger partial charge in [-0.15, -0.1) is 0 Å². The van der Waals surface area contributed by atoms with E-state index in [4.69, 9.17) is 27.9 Å². The molecule has 0 aliphatic heterocycles. The maximum Gasteiger partial charge on any atom is 0.340 e. The molecule has 0 spiro atoms. The largest absolute Gasteiger partial charge is 0.465 e. The van der Waals surface area contributed by atoms with Gasteiger partial charge in [0.25, 0.3) is 0 Å². The number of aromatic amines is 1. The lowest BCUT2D eigenvalue weighted by Gasteiger charge is -2.02. The Balaban J connectivity index is 2.25. The van der Waals surface area contributed by atoms with Gasteiger partial charge in [-0.05, 0) is 24.3 Å². The first kappa shape index (κ1) is 13.9. The van der Waals surface area contributed by atoms with Gasteiger partial charge in [0.1, 0.15) is 11.3 Å². The number of hydrogen-bond donors (Lipinski definition) is 1. The predicted molar refractivity (Wildman–Crippen MR) is 82.9 cm³/mol. The summed E-state index contributed by atoms with van der Waals surface area (Å²) in [4.78, 5) is 19.4. The summed E-state index contributed by atoms with van der Waals surface area (Å²) in [6.07, 6.45) is 0. The van der Waals surface area contributed by atoms with Crippen molar-refractivity contribution in [2.24, 2.45) is 0 Å². The number of carbonyl (C=O) groups excluding carboxylic acids is 1. The van der Waals surface area contributed by atoms with Crippen LogP contribution in [0.5, 0.6) is 0 Å². The summed E-state index contributed by atoms with van der Waals surface area (Å²) in [5.41, 5.74) is 2.23. The monoisotopic (exact) mass is 320 g/mol. The Bertz CT molecular complexity index is 823. The maximum absolute atomic E-state index is 11.8. The summed E-state index contributed by atoms with van der Waals surface area (Å²) >= 11 is 12.4. The van der Waals surface area contributed by atoms with Gasteiger partial charge >= 0.3 is 5.97 Å². The average Bonchev–Trinajstić information content (AvgIpc) is 2.89. The van der Waals surface area contributed by atoms with Crippen LogP contribution in [0.2, 0.25) is 10.0 Å². The van der Waals surface area contributed by atoms with E-state index in [-0.39, 0.29) is 0 Å². The lowest BCUT2D eigenvalue weighted by molar-refractivity contribution is 0.0603. The Labute approximate surface area is 130 Å². The summed E-state index contributed by atoms with van der Waals surface area (Å²) in [6.45, 7) is 0. The molecular weight excluding hydrogens is 311 g/mol. The summed E-state index contributed by atoms with van der Waals surface area (Å²) in [6, 6.07) is 10.5. The molecule has 3 rings (SSSR count). The van der Waals surface area contributed by atoms with Crippen LogP contribution in [0.4, 0.5) is 0 Å². The molecule has 6 heteroatoms. The van der Waals surface area contributed by atoms with Crippen LogP contribution in [-0.4, -0.2) is 23.0 Å². The number of methoxy groups -OCH3 is 1. The molecule has 0 amide bonds. The molecule has 106 valence electrons. The molecule has 0 fully saturated rings. The van der Waals surface area contributed by atoms with E-state index >= 15 is 0 Å². The fraction of sp³-hybridized carbons (Fsp3) is 0.0667. The third-order valence-electron chi connectivity index (χ3n) is 3.12. The van der Waals surface area contributed by atoms with E-state index < -0.39 is 5.97 Å². The van der Waals surface area contributed by atoms with Gasteiger partial charge in [0.2, 0.25) is 0 Å².